The lowest BCUT2D eigenvalue weighted by Gasteiger charge is -2.14. The quantitative estimate of drug-likeness (QED) is 0.747. The van der Waals surface area contributed by atoms with Crippen molar-refractivity contribution < 1.29 is 18.6 Å². The summed E-state index contributed by atoms with van der Waals surface area (Å²) in [6.45, 7) is 2.68. The Bertz CT molecular complexity index is 372. The number of hydrogen-bond donors (Lipinski definition) is 2. The van der Waals surface area contributed by atoms with Gasteiger partial charge in [0.05, 0.1) is 12.7 Å². The van der Waals surface area contributed by atoms with Gasteiger partial charge in [-0.15, -0.1) is 0 Å². The molecule has 0 saturated heterocycles. The average molecular weight is 245 g/mol. The van der Waals surface area contributed by atoms with E-state index in [9.17, 15) is 13.9 Å². The van der Waals surface area contributed by atoms with Crippen LogP contribution in [-0.4, -0.2) is 31.9 Å². The molecule has 1 unspecified atom stereocenters. The summed E-state index contributed by atoms with van der Waals surface area (Å²) in [4.78, 5) is 0. The van der Waals surface area contributed by atoms with Gasteiger partial charge in [0.1, 0.15) is 0 Å². The zero-order valence-electron chi connectivity index (χ0n) is 9.96. The van der Waals surface area contributed by atoms with Crippen LogP contribution in [0.4, 0.5) is 8.78 Å². The first kappa shape index (κ1) is 14.0. The van der Waals surface area contributed by atoms with Gasteiger partial charge in [-0.1, -0.05) is 12.1 Å². The highest BCUT2D eigenvalue weighted by Gasteiger charge is 2.17. The molecule has 1 atom stereocenters. The predicted molar refractivity (Wildman–Crippen MR) is 60.8 cm³/mol. The fourth-order valence-corrected chi connectivity index (χ4v) is 1.44. The molecule has 0 aliphatic heterocycles. The van der Waals surface area contributed by atoms with E-state index >= 15 is 0 Å². The van der Waals surface area contributed by atoms with Gasteiger partial charge in [-0.2, -0.15) is 0 Å². The zero-order chi connectivity index (χ0) is 12.8. The molecule has 1 aromatic carbocycles. The van der Waals surface area contributed by atoms with Gasteiger partial charge in [-0.05, 0) is 12.5 Å². The topological polar surface area (TPSA) is 41.5 Å². The smallest absolute Gasteiger partial charge is 0.164 e. The minimum Gasteiger partial charge on any atom is -0.387 e. The van der Waals surface area contributed by atoms with E-state index in [0.717, 1.165) is 0 Å². The van der Waals surface area contributed by atoms with Crippen LogP contribution in [-0.2, 0) is 4.74 Å². The van der Waals surface area contributed by atoms with E-state index < -0.39 is 17.7 Å². The molecule has 0 heterocycles. The molecule has 1 aromatic rings. The number of ether oxygens (including phenoxy) is 1. The molecule has 5 heteroatoms. The Morgan fingerprint density at radius 1 is 1.35 bits per heavy atom. The van der Waals surface area contributed by atoms with Crippen LogP contribution in [0.1, 0.15) is 17.2 Å². The molecule has 3 nitrogen and oxygen atoms in total. The molecule has 17 heavy (non-hydrogen) atoms. The van der Waals surface area contributed by atoms with Gasteiger partial charge in [0.15, 0.2) is 11.6 Å². The summed E-state index contributed by atoms with van der Waals surface area (Å²) in [5.41, 5.74) is 0.198. The highest BCUT2D eigenvalue weighted by molar-refractivity contribution is 5.27. The first-order chi connectivity index (χ1) is 8.07. The Labute approximate surface area is 99.4 Å². The summed E-state index contributed by atoms with van der Waals surface area (Å²) in [7, 11) is 1.56. The fourth-order valence-electron chi connectivity index (χ4n) is 1.44. The van der Waals surface area contributed by atoms with E-state index in [1.165, 1.54) is 19.1 Å². The molecule has 0 radical (unpaired) electrons. The largest absolute Gasteiger partial charge is 0.387 e. The van der Waals surface area contributed by atoms with Crippen molar-refractivity contribution in [3.05, 3.63) is 34.9 Å². The van der Waals surface area contributed by atoms with Crippen LogP contribution in [0.2, 0.25) is 0 Å². The van der Waals surface area contributed by atoms with Crippen LogP contribution in [0, 0.1) is 18.6 Å². The van der Waals surface area contributed by atoms with Crippen molar-refractivity contribution in [1.29, 1.82) is 0 Å². The Kier molecular flexibility index (Phi) is 5.47. The van der Waals surface area contributed by atoms with Crippen molar-refractivity contribution in [2.45, 2.75) is 13.0 Å². The fraction of sp³-hybridized carbons (Fsp3) is 0.500. The second-order valence-corrected chi connectivity index (χ2v) is 3.81. The molecule has 0 aliphatic carbocycles. The molecule has 2 N–H and O–H groups in total. The molecule has 0 aromatic heterocycles. The summed E-state index contributed by atoms with van der Waals surface area (Å²) >= 11 is 0. The van der Waals surface area contributed by atoms with Gasteiger partial charge < -0.3 is 15.2 Å². The van der Waals surface area contributed by atoms with Gasteiger partial charge >= 0.3 is 0 Å². The summed E-state index contributed by atoms with van der Waals surface area (Å²) in [6.07, 6.45) is -1.07. The van der Waals surface area contributed by atoms with Gasteiger partial charge in [0.2, 0.25) is 0 Å². The maximum absolute atomic E-state index is 13.5. The standard InChI is InChI=1S/C12H17F2NO2/c1-8-3-4-9(12(14)11(8)13)10(16)7-15-5-6-17-2/h3-4,10,15-16H,5-7H2,1-2H3. The van der Waals surface area contributed by atoms with Gasteiger partial charge in [-0.25, -0.2) is 8.78 Å². The molecule has 0 spiro atoms. The molecule has 0 amide bonds. The number of aryl methyl sites for hydroxylation is 1. The number of nitrogens with one attached hydrogen (secondary N) is 1. The van der Waals surface area contributed by atoms with E-state index in [-0.39, 0.29) is 17.7 Å². The highest BCUT2D eigenvalue weighted by Crippen LogP contribution is 2.21. The summed E-state index contributed by atoms with van der Waals surface area (Å²) < 4.78 is 31.6. The number of benzene rings is 1. The summed E-state index contributed by atoms with van der Waals surface area (Å²) in [5.74, 6) is -1.88. The predicted octanol–water partition coefficient (Wildman–Crippen LogP) is 1.54. The molecule has 1 rings (SSSR count). The third-order valence-corrected chi connectivity index (χ3v) is 2.48. The van der Waals surface area contributed by atoms with E-state index in [1.54, 1.807) is 7.11 Å². The number of rotatable bonds is 6. The Hall–Kier alpha value is -1.04. The monoisotopic (exact) mass is 245 g/mol. The molecular formula is C12H17F2NO2. The van der Waals surface area contributed by atoms with Crippen LogP contribution in [0.5, 0.6) is 0 Å². The highest BCUT2D eigenvalue weighted by atomic mass is 19.2. The third kappa shape index (κ3) is 3.73. The van der Waals surface area contributed by atoms with E-state index in [4.69, 9.17) is 4.74 Å². The second kappa shape index (κ2) is 6.64. The lowest BCUT2D eigenvalue weighted by molar-refractivity contribution is 0.157. The number of aliphatic hydroxyl groups excluding tert-OH is 1. The molecule has 0 fully saturated rings. The van der Waals surface area contributed by atoms with Crippen molar-refractivity contribution >= 4 is 0 Å². The first-order valence-electron chi connectivity index (χ1n) is 5.40. The normalized spacial score (nSPS) is 12.8. The lowest BCUT2D eigenvalue weighted by atomic mass is 10.1. The molecule has 96 valence electrons. The molecule has 0 saturated carbocycles. The van der Waals surface area contributed by atoms with Crippen LogP contribution in [0.15, 0.2) is 12.1 Å². The molecular weight excluding hydrogens is 228 g/mol. The van der Waals surface area contributed by atoms with E-state index in [1.807, 2.05) is 0 Å². The zero-order valence-corrected chi connectivity index (χ0v) is 9.96. The summed E-state index contributed by atoms with van der Waals surface area (Å²) in [5, 5.41) is 12.6. The van der Waals surface area contributed by atoms with Gasteiger partial charge in [0.25, 0.3) is 0 Å². The Balaban J connectivity index is 2.63. The van der Waals surface area contributed by atoms with Crippen LogP contribution >= 0.6 is 0 Å². The van der Waals surface area contributed by atoms with E-state index in [0.29, 0.717) is 13.2 Å². The van der Waals surface area contributed by atoms with Crippen molar-refractivity contribution in [2.75, 3.05) is 26.8 Å². The number of hydrogen-bond acceptors (Lipinski definition) is 3. The third-order valence-electron chi connectivity index (χ3n) is 2.48. The first-order valence-corrected chi connectivity index (χ1v) is 5.40. The molecule has 0 bridgehead atoms. The SMILES string of the molecule is COCCNCC(O)c1ccc(C)c(F)c1F. The Morgan fingerprint density at radius 3 is 2.71 bits per heavy atom. The minimum absolute atomic E-state index is 0.0296. The summed E-state index contributed by atoms with van der Waals surface area (Å²) in [6, 6.07) is 2.85. The van der Waals surface area contributed by atoms with Crippen LogP contribution < -0.4 is 5.32 Å². The average Bonchev–Trinajstić information content (AvgIpc) is 2.31. The second-order valence-electron chi connectivity index (χ2n) is 3.81. The maximum atomic E-state index is 13.5. The lowest BCUT2D eigenvalue weighted by Crippen LogP contribution is -2.25. The molecule has 0 aliphatic rings. The van der Waals surface area contributed by atoms with Crippen molar-refractivity contribution in [3.63, 3.8) is 0 Å². The van der Waals surface area contributed by atoms with Gasteiger partial charge in [0, 0.05) is 25.8 Å². The van der Waals surface area contributed by atoms with Crippen molar-refractivity contribution in [1.82, 2.24) is 5.32 Å². The van der Waals surface area contributed by atoms with Crippen molar-refractivity contribution in [3.8, 4) is 0 Å². The number of aliphatic hydroxyl groups is 1. The number of halogens is 2. The Morgan fingerprint density at radius 2 is 2.06 bits per heavy atom. The van der Waals surface area contributed by atoms with Crippen molar-refractivity contribution in [2.24, 2.45) is 0 Å². The van der Waals surface area contributed by atoms with Gasteiger partial charge in [-0.3, -0.25) is 0 Å². The maximum Gasteiger partial charge on any atom is 0.164 e. The number of methoxy groups -OCH3 is 1. The van der Waals surface area contributed by atoms with Crippen LogP contribution in [0.25, 0.3) is 0 Å². The van der Waals surface area contributed by atoms with Crippen LogP contribution in [0.3, 0.4) is 0 Å². The van der Waals surface area contributed by atoms with E-state index in [2.05, 4.69) is 5.32 Å². The minimum atomic E-state index is -1.07.